The van der Waals surface area contributed by atoms with Crippen molar-refractivity contribution in [2.45, 2.75) is 39.3 Å². The number of alkyl halides is 2. The fourth-order valence-electron chi connectivity index (χ4n) is 3.00. The number of carbonyl (C=O) groups excluding carboxylic acids is 1. The molecule has 0 radical (unpaired) electrons. The molecular formula is C19H19F4N3O2. The van der Waals surface area contributed by atoms with Crippen molar-refractivity contribution in [1.82, 2.24) is 10.3 Å². The van der Waals surface area contributed by atoms with Gasteiger partial charge in [-0.15, -0.1) is 0 Å². The van der Waals surface area contributed by atoms with E-state index in [1.54, 1.807) is 0 Å². The molecular weight excluding hydrogens is 378 g/mol. The van der Waals surface area contributed by atoms with E-state index in [-0.39, 0.29) is 34.4 Å². The SMILES string of the molecule is CC1(C)CCC1NC(=O)c1nc(Nc2cc(F)cc(F)c2)ccc1OC(F)F. The third kappa shape index (κ3) is 4.52. The first kappa shape index (κ1) is 19.9. The number of rotatable bonds is 6. The first-order valence-electron chi connectivity index (χ1n) is 8.64. The van der Waals surface area contributed by atoms with Gasteiger partial charge in [0.05, 0.1) is 0 Å². The topological polar surface area (TPSA) is 63.2 Å². The van der Waals surface area contributed by atoms with E-state index in [4.69, 9.17) is 0 Å². The second-order valence-electron chi connectivity index (χ2n) is 7.26. The molecule has 1 fully saturated rings. The molecule has 1 aromatic heterocycles. The maximum atomic E-state index is 13.3. The number of hydrogen-bond donors (Lipinski definition) is 2. The highest BCUT2D eigenvalue weighted by molar-refractivity contribution is 5.95. The third-order valence-corrected chi connectivity index (χ3v) is 4.75. The van der Waals surface area contributed by atoms with E-state index in [0.29, 0.717) is 6.07 Å². The summed E-state index contributed by atoms with van der Waals surface area (Å²) in [6.45, 7) is 0.841. The van der Waals surface area contributed by atoms with Crippen molar-refractivity contribution < 1.29 is 27.1 Å². The van der Waals surface area contributed by atoms with Crippen LogP contribution in [0.1, 0.15) is 37.2 Å². The second-order valence-corrected chi connectivity index (χ2v) is 7.26. The van der Waals surface area contributed by atoms with Gasteiger partial charge < -0.3 is 15.4 Å². The van der Waals surface area contributed by atoms with E-state index < -0.39 is 24.2 Å². The summed E-state index contributed by atoms with van der Waals surface area (Å²) in [7, 11) is 0. The number of nitrogens with zero attached hydrogens (tertiary/aromatic N) is 1. The molecule has 1 aliphatic rings. The number of pyridine rings is 1. The standard InChI is InChI=1S/C19H19F4N3O2/c1-19(2)6-5-14(19)25-17(27)16-13(28-18(22)23)3-4-15(26-16)24-12-8-10(20)7-11(21)9-12/h3-4,7-9,14,18H,5-6H2,1-2H3,(H,24,26)(H,25,27). The zero-order valence-corrected chi connectivity index (χ0v) is 15.2. The normalized spacial score (nSPS) is 17.8. The molecule has 5 nitrogen and oxygen atoms in total. The lowest BCUT2D eigenvalue weighted by molar-refractivity contribution is -0.0504. The van der Waals surface area contributed by atoms with Gasteiger partial charge in [0.1, 0.15) is 17.5 Å². The summed E-state index contributed by atoms with van der Waals surface area (Å²) in [5.41, 5.74) is -0.391. The van der Waals surface area contributed by atoms with Gasteiger partial charge in [0.15, 0.2) is 11.4 Å². The molecule has 150 valence electrons. The maximum absolute atomic E-state index is 13.3. The number of halogens is 4. The molecule has 1 atom stereocenters. The lowest BCUT2D eigenvalue weighted by atomic mass is 9.67. The van der Waals surface area contributed by atoms with E-state index in [1.807, 2.05) is 13.8 Å². The van der Waals surface area contributed by atoms with Gasteiger partial charge in [-0.1, -0.05) is 13.8 Å². The maximum Gasteiger partial charge on any atom is 0.387 e. The molecule has 1 aliphatic carbocycles. The monoisotopic (exact) mass is 397 g/mol. The van der Waals surface area contributed by atoms with Gasteiger partial charge in [0, 0.05) is 17.8 Å². The van der Waals surface area contributed by atoms with Crippen molar-refractivity contribution in [3.63, 3.8) is 0 Å². The summed E-state index contributed by atoms with van der Waals surface area (Å²) in [5, 5.41) is 5.42. The van der Waals surface area contributed by atoms with Crippen LogP contribution >= 0.6 is 0 Å². The molecule has 28 heavy (non-hydrogen) atoms. The Balaban J connectivity index is 1.87. The van der Waals surface area contributed by atoms with Crippen molar-refractivity contribution in [1.29, 1.82) is 0 Å². The Labute approximate surface area is 159 Å². The van der Waals surface area contributed by atoms with Crippen molar-refractivity contribution in [3.05, 3.63) is 47.7 Å². The fraction of sp³-hybridized carbons (Fsp3) is 0.368. The van der Waals surface area contributed by atoms with Gasteiger partial charge in [-0.2, -0.15) is 8.78 Å². The van der Waals surface area contributed by atoms with Crippen LogP contribution < -0.4 is 15.4 Å². The Morgan fingerprint density at radius 1 is 1.21 bits per heavy atom. The number of amides is 1. The molecule has 0 bridgehead atoms. The van der Waals surface area contributed by atoms with E-state index in [1.165, 1.54) is 6.07 Å². The minimum absolute atomic E-state index is 0.0460. The van der Waals surface area contributed by atoms with Crippen LogP contribution in [-0.4, -0.2) is 23.5 Å². The predicted molar refractivity (Wildman–Crippen MR) is 94.8 cm³/mol. The predicted octanol–water partition coefficient (Wildman–Crippen LogP) is 4.62. The van der Waals surface area contributed by atoms with Gasteiger partial charge in [0.2, 0.25) is 0 Å². The smallest absolute Gasteiger partial charge is 0.387 e. The largest absolute Gasteiger partial charge is 0.432 e. The lowest BCUT2D eigenvalue weighted by Crippen LogP contribution is -2.52. The number of ether oxygens (including phenoxy) is 1. The van der Waals surface area contributed by atoms with Crippen LogP contribution in [0.2, 0.25) is 0 Å². The number of nitrogens with one attached hydrogen (secondary N) is 2. The zero-order valence-electron chi connectivity index (χ0n) is 15.2. The molecule has 0 aliphatic heterocycles. The van der Waals surface area contributed by atoms with Gasteiger partial charge in [0.25, 0.3) is 5.91 Å². The minimum Gasteiger partial charge on any atom is -0.432 e. The molecule has 1 unspecified atom stereocenters. The average molecular weight is 397 g/mol. The molecule has 0 saturated heterocycles. The van der Waals surface area contributed by atoms with E-state index in [0.717, 1.165) is 31.0 Å². The van der Waals surface area contributed by atoms with Crippen LogP contribution in [0.4, 0.5) is 29.1 Å². The number of benzene rings is 1. The first-order chi connectivity index (χ1) is 13.1. The Morgan fingerprint density at radius 2 is 1.89 bits per heavy atom. The molecule has 1 aromatic carbocycles. The summed E-state index contributed by atoms with van der Waals surface area (Å²) in [6.07, 6.45) is 1.70. The Bertz CT molecular complexity index is 869. The number of carbonyl (C=O) groups is 1. The number of aromatic nitrogens is 1. The third-order valence-electron chi connectivity index (χ3n) is 4.75. The molecule has 2 aromatic rings. The van der Waals surface area contributed by atoms with Gasteiger partial charge >= 0.3 is 6.61 Å². The van der Waals surface area contributed by atoms with E-state index in [2.05, 4.69) is 20.4 Å². The molecule has 3 rings (SSSR count). The van der Waals surface area contributed by atoms with Crippen molar-refractivity contribution in [2.75, 3.05) is 5.32 Å². The Hall–Kier alpha value is -2.84. The first-order valence-corrected chi connectivity index (χ1v) is 8.64. The highest BCUT2D eigenvalue weighted by atomic mass is 19.3. The Morgan fingerprint density at radius 3 is 2.43 bits per heavy atom. The van der Waals surface area contributed by atoms with E-state index in [9.17, 15) is 22.4 Å². The highest BCUT2D eigenvalue weighted by Gasteiger charge is 2.40. The molecule has 1 saturated carbocycles. The van der Waals surface area contributed by atoms with Crippen molar-refractivity contribution >= 4 is 17.4 Å². The summed E-state index contributed by atoms with van der Waals surface area (Å²) >= 11 is 0. The minimum atomic E-state index is -3.13. The Kier molecular flexibility index (Phi) is 5.44. The molecule has 9 heteroatoms. The summed E-state index contributed by atoms with van der Waals surface area (Å²) in [5.74, 6) is -2.61. The van der Waals surface area contributed by atoms with Crippen LogP contribution in [0, 0.1) is 17.0 Å². The molecule has 2 N–H and O–H groups in total. The summed E-state index contributed by atoms with van der Waals surface area (Å²) in [4.78, 5) is 16.6. The van der Waals surface area contributed by atoms with E-state index >= 15 is 0 Å². The van der Waals surface area contributed by atoms with Gasteiger partial charge in [-0.05, 0) is 42.5 Å². The summed E-state index contributed by atoms with van der Waals surface area (Å²) in [6, 6.07) is 5.07. The quantitative estimate of drug-likeness (QED) is 0.698. The zero-order chi connectivity index (χ0) is 20.5. The average Bonchev–Trinajstić information content (AvgIpc) is 2.58. The van der Waals surface area contributed by atoms with Crippen molar-refractivity contribution in [2.24, 2.45) is 5.41 Å². The number of hydrogen-bond acceptors (Lipinski definition) is 4. The molecule has 1 heterocycles. The van der Waals surface area contributed by atoms with Crippen LogP contribution in [-0.2, 0) is 0 Å². The van der Waals surface area contributed by atoms with Crippen LogP contribution in [0.15, 0.2) is 30.3 Å². The highest BCUT2D eigenvalue weighted by Crippen LogP contribution is 2.40. The van der Waals surface area contributed by atoms with Crippen LogP contribution in [0.25, 0.3) is 0 Å². The van der Waals surface area contributed by atoms with Gasteiger partial charge in [-0.25, -0.2) is 13.8 Å². The molecule has 0 spiro atoms. The van der Waals surface area contributed by atoms with Crippen LogP contribution in [0.5, 0.6) is 5.75 Å². The lowest BCUT2D eigenvalue weighted by Gasteiger charge is -2.44. The van der Waals surface area contributed by atoms with Crippen LogP contribution in [0.3, 0.4) is 0 Å². The fourth-order valence-corrected chi connectivity index (χ4v) is 3.00. The second kappa shape index (κ2) is 7.65. The molecule has 1 amide bonds. The van der Waals surface area contributed by atoms with Gasteiger partial charge in [-0.3, -0.25) is 4.79 Å². The number of anilines is 2. The van der Waals surface area contributed by atoms with Crippen molar-refractivity contribution in [3.8, 4) is 5.75 Å². The summed E-state index contributed by atoms with van der Waals surface area (Å²) < 4.78 is 56.4.